The van der Waals surface area contributed by atoms with E-state index in [0.717, 1.165) is 35.1 Å². The quantitative estimate of drug-likeness (QED) is 0.373. The largest absolute Gasteiger partial charge is 0.390 e. The smallest absolute Gasteiger partial charge is 0.225 e. The fourth-order valence-corrected chi connectivity index (χ4v) is 4.49. The predicted molar refractivity (Wildman–Crippen MR) is 133 cm³/mol. The SMILES string of the molecule is Cc1ccc2cc(-n3nnc4cnc(N[C@@H]5CC[C@@H](C(=O)NCCC(C)(C)O)C5)nc43)ccc2n1. The van der Waals surface area contributed by atoms with E-state index in [1.165, 1.54) is 0 Å². The molecular weight excluding hydrogens is 444 g/mol. The number of nitrogens with one attached hydrogen (secondary N) is 2. The first-order chi connectivity index (χ1) is 16.7. The van der Waals surface area contributed by atoms with Crippen molar-refractivity contribution < 1.29 is 9.90 Å². The summed E-state index contributed by atoms with van der Waals surface area (Å²) in [6, 6.07) is 10.1. The van der Waals surface area contributed by atoms with Gasteiger partial charge in [0.25, 0.3) is 0 Å². The zero-order valence-corrected chi connectivity index (χ0v) is 20.2. The Balaban J connectivity index is 1.28. The van der Waals surface area contributed by atoms with Gasteiger partial charge in [-0.15, -0.1) is 5.10 Å². The van der Waals surface area contributed by atoms with Crippen LogP contribution in [0.1, 0.15) is 45.2 Å². The lowest BCUT2D eigenvalue weighted by Crippen LogP contribution is -2.34. The van der Waals surface area contributed by atoms with Gasteiger partial charge in [0.15, 0.2) is 11.2 Å². The van der Waals surface area contributed by atoms with Crippen LogP contribution < -0.4 is 10.6 Å². The van der Waals surface area contributed by atoms with Crippen LogP contribution in [0.25, 0.3) is 27.8 Å². The number of fused-ring (bicyclic) bond motifs is 2. The first-order valence-corrected chi connectivity index (χ1v) is 12.0. The van der Waals surface area contributed by atoms with Crippen molar-refractivity contribution in [2.75, 3.05) is 11.9 Å². The van der Waals surface area contributed by atoms with Crippen LogP contribution in [-0.4, -0.2) is 59.1 Å². The van der Waals surface area contributed by atoms with Gasteiger partial charge < -0.3 is 15.7 Å². The molecule has 0 radical (unpaired) electrons. The zero-order chi connectivity index (χ0) is 24.6. The van der Waals surface area contributed by atoms with Crippen molar-refractivity contribution in [3.8, 4) is 5.69 Å². The van der Waals surface area contributed by atoms with Crippen molar-refractivity contribution >= 4 is 33.9 Å². The fraction of sp³-hybridized carbons (Fsp3) is 0.440. The van der Waals surface area contributed by atoms with Gasteiger partial charge in [-0.2, -0.15) is 9.67 Å². The molecule has 3 aromatic heterocycles. The van der Waals surface area contributed by atoms with Gasteiger partial charge >= 0.3 is 0 Å². The van der Waals surface area contributed by atoms with Crippen LogP contribution >= 0.6 is 0 Å². The van der Waals surface area contributed by atoms with E-state index in [1.54, 1.807) is 24.7 Å². The number of anilines is 1. The molecule has 0 saturated heterocycles. The summed E-state index contributed by atoms with van der Waals surface area (Å²) < 4.78 is 1.70. The molecule has 182 valence electrons. The molecule has 3 heterocycles. The van der Waals surface area contributed by atoms with Gasteiger partial charge in [0.2, 0.25) is 11.9 Å². The average molecular weight is 475 g/mol. The molecule has 35 heavy (non-hydrogen) atoms. The molecule has 4 aromatic rings. The Kier molecular flexibility index (Phi) is 6.06. The summed E-state index contributed by atoms with van der Waals surface area (Å²) in [5.74, 6) is 0.477. The van der Waals surface area contributed by atoms with Crippen molar-refractivity contribution in [3.05, 3.63) is 42.2 Å². The zero-order valence-electron chi connectivity index (χ0n) is 20.2. The average Bonchev–Trinajstić information content (AvgIpc) is 3.45. The minimum Gasteiger partial charge on any atom is -0.390 e. The van der Waals surface area contributed by atoms with Crippen LogP contribution in [0.3, 0.4) is 0 Å². The van der Waals surface area contributed by atoms with Crippen molar-refractivity contribution in [2.45, 2.75) is 58.1 Å². The van der Waals surface area contributed by atoms with E-state index in [-0.39, 0.29) is 17.9 Å². The summed E-state index contributed by atoms with van der Waals surface area (Å²) >= 11 is 0. The van der Waals surface area contributed by atoms with Crippen LogP contribution in [0.5, 0.6) is 0 Å². The lowest BCUT2D eigenvalue weighted by Gasteiger charge is -2.18. The Bertz CT molecular complexity index is 1380. The molecule has 0 unspecified atom stereocenters. The van der Waals surface area contributed by atoms with Crippen molar-refractivity contribution in [1.82, 2.24) is 35.3 Å². The molecule has 10 heteroatoms. The highest BCUT2D eigenvalue weighted by Crippen LogP contribution is 2.28. The maximum atomic E-state index is 12.5. The monoisotopic (exact) mass is 474 g/mol. The summed E-state index contributed by atoms with van der Waals surface area (Å²) in [6.07, 6.45) is 4.56. The highest BCUT2D eigenvalue weighted by molar-refractivity contribution is 5.82. The minimum atomic E-state index is -0.785. The number of nitrogens with zero attached hydrogens (tertiary/aromatic N) is 6. The third-order valence-electron chi connectivity index (χ3n) is 6.42. The molecule has 1 saturated carbocycles. The predicted octanol–water partition coefficient (Wildman–Crippen LogP) is 2.92. The lowest BCUT2D eigenvalue weighted by atomic mass is 10.0. The van der Waals surface area contributed by atoms with Gasteiger partial charge in [0.05, 0.1) is 23.0 Å². The Labute approximate surface area is 203 Å². The van der Waals surface area contributed by atoms with Crippen molar-refractivity contribution in [3.63, 3.8) is 0 Å². The topological polar surface area (TPSA) is 131 Å². The number of amides is 1. The van der Waals surface area contributed by atoms with Gasteiger partial charge in [0, 0.05) is 29.6 Å². The summed E-state index contributed by atoms with van der Waals surface area (Å²) in [5.41, 5.74) is 3.18. The summed E-state index contributed by atoms with van der Waals surface area (Å²) in [6.45, 7) is 5.93. The summed E-state index contributed by atoms with van der Waals surface area (Å²) in [4.78, 5) is 26.2. The number of aliphatic hydroxyl groups is 1. The number of aryl methyl sites for hydroxylation is 1. The highest BCUT2D eigenvalue weighted by atomic mass is 16.3. The number of hydrogen-bond donors (Lipinski definition) is 3. The number of rotatable bonds is 7. The molecular formula is C25H30N8O2. The second-order valence-corrected chi connectivity index (χ2v) is 9.94. The van der Waals surface area contributed by atoms with E-state index in [2.05, 4.69) is 35.9 Å². The molecule has 1 aromatic carbocycles. The van der Waals surface area contributed by atoms with E-state index >= 15 is 0 Å². The number of carbonyl (C=O) groups is 1. The first-order valence-electron chi connectivity index (χ1n) is 12.0. The van der Waals surface area contributed by atoms with Crippen LogP contribution in [0.2, 0.25) is 0 Å². The molecule has 1 aliphatic rings. The number of benzene rings is 1. The third kappa shape index (κ3) is 5.22. The minimum absolute atomic E-state index is 0.0400. The second kappa shape index (κ2) is 9.18. The maximum absolute atomic E-state index is 12.5. The van der Waals surface area contributed by atoms with Gasteiger partial charge in [-0.05, 0) is 70.7 Å². The third-order valence-corrected chi connectivity index (χ3v) is 6.42. The highest BCUT2D eigenvalue weighted by Gasteiger charge is 2.30. The van der Waals surface area contributed by atoms with Crippen molar-refractivity contribution in [2.24, 2.45) is 5.92 Å². The van der Waals surface area contributed by atoms with Gasteiger partial charge in [-0.1, -0.05) is 11.3 Å². The van der Waals surface area contributed by atoms with Gasteiger partial charge in [0.1, 0.15) is 0 Å². The number of aromatic nitrogens is 6. The Morgan fingerprint density at radius 3 is 2.86 bits per heavy atom. The molecule has 2 atom stereocenters. The molecule has 1 fully saturated rings. The second-order valence-electron chi connectivity index (χ2n) is 9.94. The molecule has 0 spiro atoms. The summed E-state index contributed by atoms with van der Waals surface area (Å²) in [5, 5.41) is 25.7. The molecule has 1 amide bonds. The summed E-state index contributed by atoms with van der Waals surface area (Å²) in [7, 11) is 0. The Morgan fingerprint density at radius 2 is 2.03 bits per heavy atom. The van der Waals surface area contributed by atoms with Crippen LogP contribution in [-0.2, 0) is 4.79 Å². The van der Waals surface area contributed by atoms with Crippen LogP contribution in [0.15, 0.2) is 36.5 Å². The normalized spacial score (nSPS) is 18.3. The molecule has 0 aliphatic heterocycles. The number of carbonyl (C=O) groups excluding carboxylic acids is 1. The maximum Gasteiger partial charge on any atom is 0.225 e. The Hall–Kier alpha value is -3.66. The van der Waals surface area contributed by atoms with Gasteiger partial charge in [-0.3, -0.25) is 9.78 Å². The molecule has 3 N–H and O–H groups in total. The molecule has 0 bridgehead atoms. The van der Waals surface area contributed by atoms with Crippen molar-refractivity contribution in [1.29, 1.82) is 0 Å². The molecule has 1 aliphatic carbocycles. The number of pyridine rings is 1. The molecule has 5 rings (SSSR count). The Morgan fingerprint density at radius 1 is 1.17 bits per heavy atom. The number of hydrogen-bond acceptors (Lipinski definition) is 8. The van der Waals surface area contributed by atoms with E-state index < -0.39 is 5.60 Å². The van der Waals surface area contributed by atoms with E-state index in [4.69, 9.17) is 0 Å². The van der Waals surface area contributed by atoms with E-state index in [9.17, 15) is 9.90 Å². The van der Waals surface area contributed by atoms with Crippen LogP contribution in [0.4, 0.5) is 5.95 Å². The molecule has 10 nitrogen and oxygen atoms in total. The standard InChI is InChI=1S/C25H30N8O2/c1-15-4-5-16-13-19(8-9-20(16)28-15)33-22-21(31-32-33)14-27-24(30-22)29-18-7-6-17(12-18)23(34)26-11-10-25(2,3)35/h4-5,8-9,13-14,17-18,35H,6-7,10-12H2,1-3H3,(H,26,34)(H,27,29,30)/t17-,18-/m1/s1. The van der Waals surface area contributed by atoms with E-state index in [1.807, 2.05) is 37.3 Å². The van der Waals surface area contributed by atoms with Crippen LogP contribution in [0, 0.1) is 12.8 Å². The lowest BCUT2D eigenvalue weighted by molar-refractivity contribution is -0.124. The van der Waals surface area contributed by atoms with Gasteiger partial charge in [-0.25, -0.2) is 4.98 Å². The first kappa shape index (κ1) is 23.1. The van der Waals surface area contributed by atoms with E-state index in [0.29, 0.717) is 36.5 Å². The fourth-order valence-electron chi connectivity index (χ4n) is 4.49.